The molecule has 2 aromatic carbocycles. The van der Waals surface area contributed by atoms with Crippen LogP contribution >= 0.6 is 0 Å². The highest BCUT2D eigenvalue weighted by atomic mass is 15.2. The number of fused-ring (bicyclic) bond motifs is 1. The molecular formula is C20H23N. The smallest absolute Gasteiger partial charge is 0.0721 e. The minimum atomic E-state index is 0.123. The Morgan fingerprint density at radius 2 is 1.48 bits per heavy atom. The summed E-state index contributed by atoms with van der Waals surface area (Å²) in [6.45, 7) is 2.48. The quantitative estimate of drug-likeness (QED) is 0.788. The number of hydrogen-bond donors (Lipinski definition) is 0. The molecule has 1 saturated heterocycles. The molecule has 1 fully saturated rings. The molecule has 0 saturated carbocycles. The monoisotopic (exact) mass is 277 g/mol. The fourth-order valence-electron chi connectivity index (χ4n) is 4.39. The van der Waals surface area contributed by atoms with Gasteiger partial charge in [-0.05, 0) is 55.5 Å². The highest BCUT2D eigenvalue weighted by Gasteiger charge is 2.44. The van der Waals surface area contributed by atoms with Crippen LogP contribution in [-0.4, -0.2) is 18.0 Å². The maximum absolute atomic E-state index is 2.76. The van der Waals surface area contributed by atoms with E-state index >= 15 is 0 Å². The van der Waals surface area contributed by atoms with Crippen molar-refractivity contribution in [1.82, 2.24) is 4.90 Å². The third-order valence-electron chi connectivity index (χ3n) is 5.37. The van der Waals surface area contributed by atoms with Gasteiger partial charge in [0, 0.05) is 0 Å². The van der Waals surface area contributed by atoms with Crippen LogP contribution in [-0.2, 0) is 12.0 Å². The number of piperidine rings is 1. The van der Waals surface area contributed by atoms with Crippen LogP contribution in [0.2, 0.25) is 0 Å². The first-order chi connectivity index (χ1) is 10.4. The van der Waals surface area contributed by atoms with Crippen LogP contribution in [0.1, 0.15) is 42.4 Å². The van der Waals surface area contributed by atoms with E-state index in [1.54, 1.807) is 11.1 Å². The Bertz CT molecular complexity index is 613. The van der Waals surface area contributed by atoms with Gasteiger partial charge in [0.05, 0.1) is 5.54 Å². The highest BCUT2D eigenvalue weighted by Crippen LogP contribution is 2.47. The van der Waals surface area contributed by atoms with Crippen LogP contribution in [0.4, 0.5) is 0 Å². The van der Waals surface area contributed by atoms with Gasteiger partial charge < -0.3 is 0 Å². The molecule has 4 rings (SSSR count). The number of hydrogen-bond acceptors (Lipinski definition) is 1. The lowest BCUT2D eigenvalue weighted by molar-refractivity contribution is 0.0974. The Morgan fingerprint density at radius 3 is 2.29 bits per heavy atom. The molecule has 0 N–H and O–H groups in total. The van der Waals surface area contributed by atoms with Gasteiger partial charge >= 0.3 is 0 Å². The van der Waals surface area contributed by atoms with Crippen LogP contribution < -0.4 is 0 Å². The summed E-state index contributed by atoms with van der Waals surface area (Å²) >= 11 is 0. The van der Waals surface area contributed by atoms with Gasteiger partial charge in [-0.2, -0.15) is 0 Å². The lowest BCUT2D eigenvalue weighted by Gasteiger charge is -2.45. The molecule has 0 spiro atoms. The van der Waals surface area contributed by atoms with Gasteiger partial charge in [-0.1, -0.05) is 61.0 Å². The third kappa shape index (κ3) is 2.03. The molecule has 1 aliphatic carbocycles. The van der Waals surface area contributed by atoms with Crippen LogP contribution in [0.25, 0.3) is 0 Å². The molecule has 1 heteroatoms. The van der Waals surface area contributed by atoms with Crippen LogP contribution in [0, 0.1) is 0 Å². The fraction of sp³-hybridized carbons (Fsp3) is 0.400. The van der Waals surface area contributed by atoms with E-state index in [0.29, 0.717) is 0 Å². The molecule has 0 radical (unpaired) electrons. The summed E-state index contributed by atoms with van der Waals surface area (Å²) in [6.07, 6.45) is 6.52. The number of likely N-dealkylation sites (tertiary alicyclic amines) is 1. The standard InChI is InChI=1S/C20H23N/c1-3-10-18(11-4-1)20(21-15-7-2-8-16-21)14-13-17-9-5-6-12-19(17)20/h1,3-6,9-12H,2,7-8,13-16H2. The van der Waals surface area contributed by atoms with E-state index in [2.05, 4.69) is 59.5 Å². The van der Waals surface area contributed by atoms with Gasteiger partial charge in [-0.3, -0.25) is 4.90 Å². The van der Waals surface area contributed by atoms with E-state index in [4.69, 9.17) is 0 Å². The van der Waals surface area contributed by atoms with Crippen molar-refractivity contribution in [3.05, 3.63) is 71.3 Å². The average Bonchev–Trinajstić information content (AvgIpc) is 2.97. The molecule has 0 bridgehead atoms. The predicted octanol–water partition coefficient (Wildman–Crippen LogP) is 4.36. The van der Waals surface area contributed by atoms with E-state index in [1.165, 1.54) is 50.8 Å². The average molecular weight is 277 g/mol. The highest BCUT2D eigenvalue weighted by molar-refractivity contribution is 5.47. The topological polar surface area (TPSA) is 3.24 Å². The number of aryl methyl sites for hydroxylation is 1. The zero-order valence-electron chi connectivity index (χ0n) is 12.6. The van der Waals surface area contributed by atoms with Crippen LogP contribution in [0.15, 0.2) is 54.6 Å². The SMILES string of the molecule is c1ccc(C2(N3CCCCC3)CCc3ccccc32)cc1. The minimum absolute atomic E-state index is 0.123. The van der Waals surface area contributed by atoms with Crippen molar-refractivity contribution in [3.8, 4) is 0 Å². The van der Waals surface area contributed by atoms with Gasteiger partial charge in [-0.25, -0.2) is 0 Å². The molecule has 108 valence electrons. The molecular weight excluding hydrogens is 254 g/mol. The summed E-state index contributed by atoms with van der Waals surface area (Å²) in [6, 6.07) is 20.3. The second-order valence-electron chi connectivity index (χ2n) is 6.43. The summed E-state index contributed by atoms with van der Waals surface area (Å²) in [5.41, 5.74) is 4.71. The lowest BCUT2D eigenvalue weighted by atomic mass is 9.81. The summed E-state index contributed by atoms with van der Waals surface area (Å²) in [7, 11) is 0. The molecule has 2 aromatic rings. The Kier molecular flexibility index (Phi) is 3.31. The first-order valence-electron chi connectivity index (χ1n) is 8.30. The molecule has 1 nitrogen and oxygen atoms in total. The molecule has 1 unspecified atom stereocenters. The Balaban J connectivity index is 1.88. The van der Waals surface area contributed by atoms with Gasteiger partial charge in [0.15, 0.2) is 0 Å². The van der Waals surface area contributed by atoms with Gasteiger partial charge in [0.25, 0.3) is 0 Å². The Morgan fingerprint density at radius 1 is 0.762 bits per heavy atom. The lowest BCUT2D eigenvalue weighted by Crippen LogP contribution is -2.48. The molecule has 1 heterocycles. The minimum Gasteiger partial charge on any atom is -0.290 e. The Labute approximate surface area is 127 Å². The van der Waals surface area contributed by atoms with E-state index in [9.17, 15) is 0 Å². The van der Waals surface area contributed by atoms with Gasteiger partial charge in [0.2, 0.25) is 0 Å². The maximum atomic E-state index is 2.76. The van der Waals surface area contributed by atoms with Crippen LogP contribution in [0.3, 0.4) is 0 Å². The normalized spacial score (nSPS) is 25.7. The first-order valence-corrected chi connectivity index (χ1v) is 8.30. The molecule has 0 aromatic heterocycles. The molecule has 0 amide bonds. The number of benzene rings is 2. The van der Waals surface area contributed by atoms with E-state index in [-0.39, 0.29) is 5.54 Å². The van der Waals surface area contributed by atoms with Crippen molar-refractivity contribution in [2.24, 2.45) is 0 Å². The number of nitrogens with zero attached hydrogens (tertiary/aromatic N) is 1. The van der Waals surface area contributed by atoms with E-state index in [1.807, 2.05) is 0 Å². The Hall–Kier alpha value is -1.60. The molecule has 1 atom stereocenters. The van der Waals surface area contributed by atoms with Gasteiger partial charge in [0.1, 0.15) is 0 Å². The maximum Gasteiger partial charge on any atom is 0.0721 e. The summed E-state index contributed by atoms with van der Waals surface area (Å²) in [5.74, 6) is 0. The molecule has 2 aliphatic rings. The molecule has 1 aliphatic heterocycles. The van der Waals surface area contributed by atoms with Crippen molar-refractivity contribution in [3.63, 3.8) is 0 Å². The number of rotatable bonds is 2. The first kappa shape index (κ1) is 13.1. The van der Waals surface area contributed by atoms with Crippen molar-refractivity contribution >= 4 is 0 Å². The summed E-state index contributed by atoms with van der Waals surface area (Å²) in [4.78, 5) is 2.76. The fourth-order valence-corrected chi connectivity index (χ4v) is 4.39. The second-order valence-corrected chi connectivity index (χ2v) is 6.43. The van der Waals surface area contributed by atoms with Crippen molar-refractivity contribution in [2.45, 2.75) is 37.6 Å². The largest absolute Gasteiger partial charge is 0.290 e. The summed E-state index contributed by atoms with van der Waals surface area (Å²) in [5, 5.41) is 0. The third-order valence-corrected chi connectivity index (χ3v) is 5.37. The predicted molar refractivity (Wildman–Crippen MR) is 87.4 cm³/mol. The van der Waals surface area contributed by atoms with Crippen molar-refractivity contribution in [1.29, 1.82) is 0 Å². The zero-order chi connectivity index (χ0) is 14.1. The van der Waals surface area contributed by atoms with Crippen molar-refractivity contribution < 1.29 is 0 Å². The van der Waals surface area contributed by atoms with Crippen molar-refractivity contribution in [2.75, 3.05) is 13.1 Å². The van der Waals surface area contributed by atoms with Crippen LogP contribution in [0.5, 0.6) is 0 Å². The molecule has 21 heavy (non-hydrogen) atoms. The zero-order valence-corrected chi connectivity index (χ0v) is 12.6. The van der Waals surface area contributed by atoms with Gasteiger partial charge in [-0.15, -0.1) is 0 Å². The second kappa shape index (κ2) is 5.31. The summed E-state index contributed by atoms with van der Waals surface area (Å²) < 4.78 is 0. The van der Waals surface area contributed by atoms with E-state index < -0.39 is 0 Å². The van der Waals surface area contributed by atoms with E-state index in [0.717, 1.165) is 0 Å².